The summed E-state index contributed by atoms with van der Waals surface area (Å²) in [5.41, 5.74) is 5.16. The molecule has 4 heteroatoms. The lowest BCUT2D eigenvalue weighted by atomic mass is 9.87. The Morgan fingerprint density at radius 2 is 1.24 bits per heavy atom. The minimum absolute atomic E-state index is 0.182. The van der Waals surface area contributed by atoms with Gasteiger partial charge in [-0.05, 0) is 46.0 Å². The molecule has 0 heterocycles. The molecule has 0 aliphatic rings. The predicted octanol–water partition coefficient (Wildman–Crippen LogP) is 7.27. The first-order chi connectivity index (χ1) is 16.7. The third kappa shape index (κ3) is 6.80. The van der Waals surface area contributed by atoms with Crippen molar-refractivity contribution in [1.29, 1.82) is 0 Å². The highest BCUT2D eigenvalue weighted by Gasteiger charge is 2.22. The summed E-state index contributed by atoms with van der Waals surface area (Å²) in [6.07, 6.45) is 0.182. The van der Waals surface area contributed by atoms with Gasteiger partial charge in [-0.2, -0.15) is 0 Å². The molecule has 1 atom stereocenters. The number of carbonyl (C=O) groups is 1. The summed E-state index contributed by atoms with van der Waals surface area (Å²) >= 11 is 5.88. The monoisotopic (exact) mass is 470 g/mol. The van der Waals surface area contributed by atoms with Gasteiger partial charge in [-0.25, -0.2) is 0 Å². The van der Waals surface area contributed by atoms with Crippen LogP contribution in [0.15, 0.2) is 109 Å². The number of carbonyl (C=O) groups excluding carboxylic acids is 1. The fraction of sp³-hybridized carbons (Fsp3) is 0.167. The maximum absolute atomic E-state index is 12.0. The van der Waals surface area contributed by atoms with Crippen molar-refractivity contribution >= 4 is 16.8 Å². The second kappa shape index (κ2) is 12.2. The Balaban J connectivity index is 1.60. The Bertz CT molecular complexity index is 1180. The highest BCUT2D eigenvalue weighted by Crippen LogP contribution is 2.36. The van der Waals surface area contributed by atoms with E-state index in [-0.39, 0.29) is 17.6 Å². The third-order valence-corrected chi connectivity index (χ3v) is 5.79. The van der Waals surface area contributed by atoms with E-state index in [0.717, 1.165) is 33.6 Å². The van der Waals surface area contributed by atoms with E-state index in [4.69, 9.17) is 21.1 Å². The summed E-state index contributed by atoms with van der Waals surface area (Å²) in [4.78, 5) is 12.0. The zero-order chi connectivity index (χ0) is 23.6. The molecule has 0 aromatic heterocycles. The molecular formula is C30H27ClO3. The maximum atomic E-state index is 12.0. The molecule has 4 rings (SSSR count). The van der Waals surface area contributed by atoms with Crippen molar-refractivity contribution in [3.05, 3.63) is 137 Å². The summed E-state index contributed by atoms with van der Waals surface area (Å²) < 4.78 is 12.2. The van der Waals surface area contributed by atoms with Crippen LogP contribution in [0.1, 0.15) is 40.2 Å². The molecule has 0 saturated carbocycles. The summed E-state index contributed by atoms with van der Waals surface area (Å²) in [5, 5.41) is -0.381. The molecule has 0 fully saturated rings. The largest absolute Gasteiger partial charge is 0.489 e. The van der Waals surface area contributed by atoms with Crippen molar-refractivity contribution in [3.63, 3.8) is 0 Å². The van der Waals surface area contributed by atoms with Crippen LogP contribution < -0.4 is 4.74 Å². The summed E-state index contributed by atoms with van der Waals surface area (Å²) in [5.74, 6) is 0.522. The Kier molecular flexibility index (Phi) is 8.50. The quantitative estimate of drug-likeness (QED) is 0.216. The van der Waals surface area contributed by atoms with E-state index in [9.17, 15) is 4.79 Å². The Labute approximate surface area is 205 Å². The Morgan fingerprint density at radius 1 is 0.676 bits per heavy atom. The molecule has 0 amide bonds. The number of hydrogen-bond acceptors (Lipinski definition) is 3. The number of halogens is 1. The highest BCUT2D eigenvalue weighted by molar-refractivity contribution is 6.63. The zero-order valence-corrected chi connectivity index (χ0v) is 19.7. The fourth-order valence-electron chi connectivity index (χ4n) is 3.94. The van der Waals surface area contributed by atoms with E-state index in [2.05, 4.69) is 6.07 Å². The normalized spacial score (nSPS) is 11.7. The van der Waals surface area contributed by atoms with Gasteiger partial charge < -0.3 is 9.47 Å². The molecule has 34 heavy (non-hydrogen) atoms. The Morgan fingerprint density at radius 3 is 1.85 bits per heavy atom. The maximum Gasteiger partial charge on any atom is 0.222 e. The minimum atomic E-state index is -0.381. The van der Waals surface area contributed by atoms with Gasteiger partial charge in [0.15, 0.2) is 0 Å². The molecule has 1 unspecified atom stereocenters. The zero-order valence-electron chi connectivity index (χ0n) is 18.9. The van der Waals surface area contributed by atoms with E-state index in [1.807, 2.05) is 103 Å². The standard InChI is InChI=1S/C30H27ClO3/c31-30(32)19-27(26-14-8-3-9-15-26)28-18-25(21-33-20-23-10-4-1-5-11-23)16-17-29(28)34-22-24-12-6-2-7-13-24/h1-18,27H,19-22H2. The summed E-state index contributed by atoms with van der Waals surface area (Å²) in [6, 6.07) is 36.1. The van der Waals surface area contributed by atoms with Crippen molar-refractivity contribution in [2.45, 2.75) is 32.2 Å². The van der Waals surface area contributed by atoms with Crippen molar-refractivity contribution in [3.8, 4) is 5.75 Å². The van der Waals surface area contributed by atoms with Crippen LogP contribution in [0.4, 0.5) is 0 Å². The molecule has 0 bridgehead atoms. The van der Waals surface area contributed by atoms with Gasteiger partial charge in [-0.15, -0.1) is 0 Å². The second-order valence-electron chi connectivity index (χ2n) is 8.15. The molecule has 3 nitrogen and oxygen atoms in total. The van der Waals surface area contributed by atoms with Gasteiger partial charge in [-0.3, -0.25) is 4.79 Å². The van der Waals surface area contributed by atoms with Gasteiger partial charge in [0.25, 0.3) is 0 Å². The molecule has 4 aromatic carbocycles. The lowest BCUT2D eigenvalue weighted by molar-refractivity contribution is -0.111. The van der Waals surface area contributed by atoms with Gasteiger partial charge in [-0.1, -0.05) is 97.1 Å². The molecule has 0 spiro atoms. The first-order valence-electron chi connectivity index (χ1n) is 11.3. The summed E-state index contributed by atoms with van der Waals surface area (Å²) in [6.45, 7) is 1.43. The van der Waals surface area contributed by atoms with Crippen LogP contribution >= 0.6 is 11.6 Å². The van der Waals surface area contributed by atoms with Crippen molar-refractivity contribution in [2.24, 2.45) is 0 Å². The highest BCUT2D eigenvalue weighted by atomic mass is 35.5. The number of benzene rings is 4. The SMILES string of the molecule is O=C(Cl)CC(c1ccccc1)c1cc(COCc2ccccc2)ccc1OCc1ccccc1. The van der Waals surface area contributed by atoms with Crippen LogP contribution in [0, 0.1) is 0 Å². The smallest absolute Gasteiger partial charge is 0.222 e. The van der Waals surface area contributed by atoms with E-state index >= 15 is 0 Å². The third-order valence-electron chi connectivity index (χ3n) is 5.63. The van der Waals surface area contributed by atoms with Gasteiger partial charge in [0.05, 0.1) is 13.2 Å². The van der Waals surface area contributed by atoms with Gasteiger partial charge in [0, 0.05) is 17.9 Å². The summed E-state index contributed by atoms with van der Waals surface area (Å²) in [7, 11) is 0. The lowest BCUT2D eigenvalue weighted by Gasteiger charge is -2.21. The average Bonchev–Trinajstić information content (AvgIpc) is 2.88. The first kappa shape index (κ1) is 23.7. The molecule has 0 aliphatic carbocycles. The van der Waals surface area contributed by atoms with E-state index < -0.39 is 0 Å². The van der Waals surface area contributed by atoms with Gasteiger partial charge >= 0.3 is 0 Å². The number of rotatable bonds is 11. The van der Waals surface area contributed by atoms with Crippen LogP contribution in [-0.2, 0) is 29.4 Å². The first-order valence-corrected chi connectivity index (χ1v) is 11.7. The van der Waals surface area contributed by atoms with E-state index in [0.29, 0.717) is 19.8 Å². The van der Waals surface area contributed by atoms with Crippen molar-refractivity contribution in [2.75, 3.05) is 0 Å². The van der Waals surface area contributed by atoms with Crippen LogP contribution in [0.2, 0.25) is 0 Å². The molecular weight excluding hydrogens is 444 g/mol. The molecule has 172 valence electrons. The van der Waals surface area contributed by atoms with Gasteiger partial charge in [0.2, 0.25) is 5.24 Å². The average molecular weight is 471 g/mol. The molecule has 0 aliphatic heterocycles. The topological polar surface area (TPSA) is 35.5 Å². The van der Waals surface area contributed by atoms with E-state index in [1.165, 1.54) is 0 Å². The minimum Gasteiger partial charge on any atom is -0.489 e. The molecule has 0 radical (unpaired) electrons. The molecule has 0 saturated heterocycles. The second-order valence-corrected chi connectivity index (χ2v) is 8.57. The Hall–Kier alpha value is -3.40. The van der Waals surface area contributed by atoms with Gasteiger partial charge in [0.1, 0.15) is 12.4 Å². The van der Waals surface area contributed by atoms with Crippen LogP contribution in [0.25, 0.3) is 0 Å². The van der Waals surface area contributed by atoms with Crippen LogP contribution in [0.5, 0.6) is 5.75 Å². The number of hydrogen-bond donors (Lipinski definition) is 0. The molecule has 0 N–H and O–H groups in total. The van der Waals surface area contributed by atoms with Crippen LogP contribution in [0.3, 0.4) is 0 Å². The predicted molar refractivity (Wildman–Crippen MR) is 136 cm³/mol. The van der Waals surface area contributed by atoms with Crippen LogP contribution in [-0.4, -0.2) is 5.24 Å². The molecule has 4 aromatic rings. The fourth-order valence-corrected chi connectivity index (χ4v) is 4.10. The lowest BCUT2D eigenvalue weighted by Crippen LogP contribution is -2.09. The van der Waals surface area contributed by atoms with Crippen molar-refractivity contribution < 1.29 is 14.3 Å². The number of ether oxygens (including phenoxy) is 2. The van der Waals surface area contributed by atoms with Crippen molar-refractivity contribution in [1.82, 2.24) is 0 Å². The van der Waals surface area contributed by atoms with E-state index in [1.54, 1.807) is 0 Å².